The molecule has 0 aliphatic heterocycles. The molecule has 0 saturated carbocycles. The molecule has 0 aliphatic rings. The zero-order valence-corrected chi connectivity index (χ0v) is 20.3. The Hall–Kier alpha value is -4.71. The number of carboxylic acid groups (broad SMARTS) is 1. The van der Waals surface area contributed by atoms with Crippen molar-refractivity contribution < 1.29 is 14.7 Å². The van der Waals surface area contributed by atoms with Crippen LogP contribution in [0.3, 0.4) is 0 Å². The average Bonchev–Trinajstić information content (AvgIpc) is 3.31. The highest BCUT2D eigenvalue weighted by Gasteiger charge is 2.13. The number of hydrogen-bond donors (Lipinski definition) is 2. The molecule has 6 nitrogen and oxygen atoms in total. The number of aromatic carboxylic acids is 1. The van der Waals surface area contributed by atoms with Crippen LogP contribution in [0.4, 0.5) is 0 Å². The highest BCUT2D eigenvalue weighted by Crippen LogP contribution is 2.31. The summed E-state index contributed by atoms with van der Waals surface area (Å²) >= 11 is 0. The number of carbonyl (C=O) groups is 2. The van der Waals surface area contributed by atoms with Crippen molar-refractivity contribution in [2.24, 2.45) is 0 Å². The van der Waals surface area contributed by atoms with E-state index in [0.29, 0.717) is 12.1 Å². The van der Waals surface area contributed by atoms with Crippen LogP contribution in [0.25, 0.3) is 33.3 Å². The van der Waals surface area contributed by atoms with Crippen molar-refractivity contribution in [1.29, 1.82) is 0 Å². The smallest absolute Gasteiger partial charge is 0.335 e. The van der Waals surface area contributed by atoms with Gasteiger partial charge < -0.3 is 15.0 Å². The molecular formula is C31H27N3O3. The molecule has 2 heterocycles. The summed E-state index contributed by atoms with van der Waals surface area (Å²) in [5.74, 6) is -1.04. The molecule has 0 fully saturated rings. The van der Waals surface area contributed by atoms with Crippen LogP contribution < -0.4 is 5.32 Å². The molecule has 6 heteroatoms. The van der Waals surface area contributed by atoms with E-state index in [-0.39, 0.29) is 11.5 Å². The minimum absolute atomic E-state index is 0.101. The van der Waals surface area contributed by atoms with Gasteiger partial charge in [0.05, 0.1) is 11.3 Å². The summed E-state index contributed by atoms with van der Waals surface area (Å²) in [5.41, 5.74) is 5.80. The van der Waals surface area contributed by atoms with Crippen LogP contribution in [-0.4, -0.2) is 33.1 Å². The molecule has 0 spiro atoms. The highest BCUT2D eigenvalue weighted by atomic mass is 16.4. The van der Waals surface area contributed by atoms with E-state index in [2.05, 4.69) is 33.2 Å². The fourth-order valence-electron chi connectivity index (χ4n) is 4.49. The maximum atomic E-state index is 12.6. The van der Waals surface area contributed by atoms with Crippen LogP contribution in [0.15, 0.2) is 103 Å². The molecule has 0 bridgehead atoms. The average molecular weight is 490 g/mol. The predicted molar refractivity (Wildman–Crippen MR) is 146 cm³/mol. The second-order valence-electron chi connectivity index (χ2n) is 8.89. The first-order valence-electron chi connectivity index (χ1n) is 12.3. The molecule has 184 valence electrons. The molecule has 37 heavy (non-hydrogen) atoms. The molecule has 2 N–H and O–H groups in total. The normalized spacial score (nSPS) is 10.9. The highest BCUT2D eigenvalue weighted by molar-refractivity contribution is 6.00. The molecule has 0 unspecified atom stereocenters. The molecule has 1 amide bonds. The third-order valence-electron chi connectivity index (χ3n) is 6.43. The number of hydrogen-bond acceptors (Lipinski definition) is 3. The fraction of sp³-hybridized carbons (Fsp3) is 0.129. The molecule has 5 rings (SSSR count). The molecule has 0 radical (unpaired) electrons. The van der Waals surface area contributed by atoms with Crippen molar-refractivity contribution in [3.63, 3.8) is 0 Å². The summed E-state index contributed by atoms with van der Waals surface area (Å²) in [6, 6.07) is 28.6. The predicted octanol–water partition coefficient (Wildman–Crippen LogP) is 6.28. The molecule has 0 atom stereocenters. The summed E-state index contributed by atoms with van der Waals surface area (Å²) < 4.78 is 2.11. The Bertz CT molecular complexity index is 1530. The maximum absolute atomic E-state index is 12.6. The number of fused-ring (bicyclic) bond motifs is 1. The van der Waals surface area contributed by atoms with Crippen LogP contribution >= 0.6 is 0 Å². The summed E-state index contributed by atoms with van der Waals surface area (Å²) in [4.78, 5) is 28.5. The molecule has 0 aliphatic carbocycles. The van der Waals surface area contributed by atoms with E-state index in [9.17, 15) is 14.7 Å². The first-order valence-corrected chi connectivity index (χ1v) is 12.3. The number of nitrogens with zero attached hydrogens (tertiary/aromatic N) is 2. The molecular weight excluding hydrogens is 462 g/mol. The van der Waals surface area contributed by atoms with Crippen molar-refractivity contribution in [2.75, 3.05) is 6.54 Å². The second-order valence-corrected chi connectivity index (χ2v) is 8.89. The third kappa shape index (κ3) is 5.43. The van der Waals surface area contributed by atoms with Crippen LogP contribution in [0.2, 0.25) is 0 Å². The Labute approximate surface area is 215 Å². The zero-order valence-electron chi connectivity index (χ0n) is 20.3. The lowest BCUT2D eigenvalue weighted by Gasteiger charge is -2.08. The number of unbranched alkanes of at least 4 members (excludes halogenated alkanes) is 1. The molecule has 2 aromatic heterocycles. The van der Waals surface area contributed by atoms with Gasteiger partial charge in [-0.2, -0.15) is 0 Å². The monoisotopic (exact) mass is 489 g/mol. The van der Waals surface area contributed by atoms with Crippen molar-refractivity contribution in [3.05, 3.63) is 115 Å². The van der Waals surface area contributed by atoms with Gasteiger partial charge in [-0.1, -0.05) is 54.6 Å². The Morgan fingerprint density at radius 1 is 0.811 bits per heavy atom. The molecule has 3 aromatic carbocycles. The van der Waals surface area contributed by atoms with Gasteiger partial charge in [0.1, 0.15) is 0 Å². The lowest BCUT2D eigenvalue weighted by molar-refractivity contribution is 0.0696. The Morgan fingerprint density at radius 3 is 2.30 bits per heavy atom. The van der Waals surface area contributed by atoms with Crippen molar-refractivity contribution in [2.45, 2.75) is 19.4 Å². The van der Waals surface area contributed by atoms with Crippen molar-refractivity contribution in [1.82, 2.24) is 14.9 Å². The topological polar surface area (TPSA) is 84.2 Å². The quantitative estimate of drug-likeness (QED) is 0.239. The third-order valence-corrected chi connectivity index (χ3v) is 6.43. The second kappa shape index (κ2) is 10.9. The number of carbonyl (C=O) groups excluding carboxylic acids is 1. The van der Waals surface area contributed by atoms with E-state index in [1.54, 1.807) is 18.3 Å². The zero-order chi connectivity index (χ0) is 25.6. The summed E-state index contributed by atoms with van der Waals surface area (Å²) in [6.07, 6.45) is 5.48. The van der Waals surface area contributed by atoms with Crippen LogP contribution in [0, 0.1) is 0 Å². The number of rotatable bonds is 9. The van der Waals surface area contributed by atoms with E-state index in [1.165, 1.54) is 0 Å². The lowest BCUT2D eigenvalue weighted by atomic mass is 10.0. The summed E-state index contributed by atoms with van der Waals surface area (Å²) in [5, 5.41) is 13.5. The largest absolute Gasteiger partial charge is 0.478 e. The fourth-order valence-corrected chi connectivity index (χ4v) is 4.49. The molecule has 0 saturated heterocycles. The number of carboxylic acids is 1. The van der Waals surface area contributed by atoms with Gasteiger partial charge in [-0.05, 0) is 54.8 Å². The van der Waals surface area contributed by atoms with Gasteiger partial charge in [0.25, 0.3) is 5.91 Å². The Kier molecular flexibility index (Phi) is 7.08. The number of aryl methyl sites for hydroxylation is 1. The first-order chi connectivity index (χ1) is 18.1. The minimum Gasteiger partial charge on any atom is -0.478 e. The van der Waals surface area contributed by atoms with Gasteiger partial charge in [0.2, 0.25) is 0 Å². The van der Waals surface area contributed by atoms with E-state index >= 15 is 0 Å². The standard InChI is InChI=1S/C31H27N3O3/c35-30(24-13-11-23(12-14-24)28-10-4-5-17-32-28)33-18-6-7-19-34-21-27(22-8-2-1-3-9-22)26-16-15-25(31(36)37)20-29(26)34/h1-5,8-17,20-21H,6-7,18-19H2,(H,33,35)(H,36,37). The number of amides is 1. The number of pyridine rings is 1. The van der Waals surface area contributed by atoms with Crippen molar-refractivity contribution in [3.8, 4) is 22.4 Å². The number of benzene rings is 3. The van der Waals surface area contributed by atoms with E-state index in [0.717, 1.165) is 52.7 Å². The SMILES string of the molecule is O=C(O)c1ccc2c(-c3ccccc3)cn(CCCCNC(=O)c3ccc(-c4ccccn4)cc3)c2c1. The van der Waals surface area contributed by atoms with E-state index < -0.39 is 5.97 Å². The summed E-state index contributed by atoms with van der Waals surface area (Å²) in [6.45, 7) is 1.28. The van der Waals surface area contributed by atoms with E-state index in [1.807, 2.05) is 66.7 Å². The summed E-state index contributed by atoms with van der Waals surface area (Å²) in [7, 11) is 0. The van der Waals surface area contributed by atoms with Gasteiger partial charge in [-0.25, -0.2) is 4.79 Å². The minimum atomic E-state index is -0.938. The number of aromatic nitrogens is 2. The van der Waals surface area contributed by atoms with E-state index in [4.69, 9.17) is 0 Å². The van der Waals surface area contributed by atoms with Gasteiger partial charge in [-0.15, -0.1) is 0 Å². The van der Waals surface area contributed by atoms with Crippen LogP contribution in [0.5, 0.6) is 0 Å². The van der Waals surface area contributed by atoms with Crippen LogP contribution in [0.1, 0.15) is 33.6 Å². The van der Waals surface area contributed by atoms with Gasteiger partial charge >= 0.3 is 5.97 Å². The van der Waals surface area contributed by atoms with Crippen molar-refractivity contribution >= 4 is 22.8 Å². The Morgan fingerprint density at radius 2 is 1.57 bits per heavy atom. The Balaban J connectivity index is 1.21. The molecule has 5 aromatic rings. The first kappa shape index (κ1) is 24.0. The maximum Gasteiger partial charge on any atom is 0.335 e. The van der Waals surface area contributed by atoms with Crippen LogP contribution in [-0.2, 0) is 6.54 Å². The van der Waals surface area contributed by atoms with Gasteiger partial charge in [-0.3, -0.25) is 9.78 Å². The van der Waals surface area contributed by atoms with Gasteiger partial charge in [0, 0.05) is 53.1 Å². The lowest BCUT2D eigenvalue weighted by Crippen LogP contribution is -2.24. The number of nitrogens with one attached hydrogen (secondary N) is 1. The van der Waals surface area contributed by atoms with Gasteiger partial charge in [0.15, 0.2) is 0 Å².